The molecule has 0 unspecified atom stereocenters. The quantitative estimate of drug-likeness (QED) is 0.862. The van der Waals surface area contributed by atoms with Crippen LogP contribution in [0.4, 0.5) is 0 Å². The van der Waals surface area contributed by atoms with Crippen LogP contribution in [0.15, 0.2) is 36.7 Å². The van der Waals surface area contributed by atoms with Crippen LogP contribution in [0.25, 0.3) is 5.69 Å². The van der Waals surface area contributed by atoms with Crippen molar-refractivity contribution in [3.8, 4) is 5.69 Å². The van der Waals surface area contributed by atoms with Gasteiger partial charge in [0.1, 0.15) is 0 Å². The fraction of sp³-hybridized carbons (Fsp3) is 0.526. The maximum Gasteiger partial charge on any atom is 0.0833 e. The molecule has 26 heavy (non-hydrogen) atoms. The zero-order valence-corrected chi connectivity index (χ0v) is 16.8. The van der Waals surface area contributed by atoms with Gasteiger partial charge in [-0.05, 0) is 62.2 Å². The SMILES string of the molecule is Cc1cc(-n2cccn2)ccc1CN1CCOC2(CCNCC2)C1.Cl.Cl. The fourth-order valence-electron chi connectivity index (χ4n) is 3.91. The number of benzene rings is 1. The maximum absolute atomic E-state index is 6.18. The lowest BCUT2D eigenvalue weighted by atomic mass is 9.90. The van der Waals surface area contributed by atoms with Crippen LogP contribution in [0.3, 0.4) is 0 Å². The zero-order valence-electron chi connectivity index (χ0n) is 15.2. The van der Waals surface area contributed by atoms with Gasteiger partial charge in [0.2, 0.25) is 0 Å². The molecule has 2 aromatic rings. The molecule has 1 aromatic carbocycles. The second-order valence-corrected chi connectivity index (χ2v) is 7.05. The first-order valence-electron chi connectivity index (χ1n) is 8.91. The Balaban J connectivity index is 0.00000121. The van der Waals surface area contributed by atoms with Crippen molar-refractivity contribution in [3.63, 3.8) is 0 Å². The van der Waals surface area contributed by atoms with E-state index in [-0.39, 0.29) is 30.4 Å². The number of hydrogen-bond donors (Lipinski definition) is 1. The lowest BCUT2D eigenvalue weighted by Gasteiger charge is -2.45. The van der Waals surface area contributed by atoms with Gasteiger partial charge in [0.25, 0.3) is 0 Å². The van der Waals surface area contributed by atoms with E-state index in [0.29, 0.717) is 0 Å². The number of aryl methyl sites for hydroxylation is 1. The molecule has 0 amide bonds. The third kappa shape index (κ3) is 4.59. The first-order valence-corrected chi connectivity index (χ1v) is 8.91. The molecule has 2 fully saturated rings. The van der Waals surface area contributed by atoms with E-state index in [0.717, 1.165) is 57.9 Å². The largest absolute Gasteiger partial charge is 0.372 e. The summed E-state index contributed by atoms with van der Waals surface area (Å²) in [4.78, 5) is 2.56. The van der Waals surface area contributed by atoms with Gasteiger partial charge >= 0.3 is 0 Å². The summed E-state index contributed by atoms with van der Waals surface area (Å²) in [7, 11) is 0. The van der Waals surface area contributed by atoms with E-state index < -0.39 is 0 Å². The summed E-state index contributed by atoms with van der Waals surface area (Å²) in [5.41, 5.74) is 3.93. The molecule has 4 rings (SSSR count). The van der Waals surface area contributed by atoms with Gasteiger partial charge in [-0.2, -0.15) is 5.10 Å². The molecule has 5 nitrogen and oxygen atoms in total. The van der Waals surface area contributed by atoms with Crippen molar-refractivity contribution in [2.75, 3.05) is 32.8 Å². The molecule has 1 spiro atoms. The van der Waals surface area contributed by atoms with Crippen LogP contribution in [0.1, 0.15) is 24.0 Å². The summed E-state index contributed by atoms with van der Waals surface area (Å²) in [6.07, 6.45) is 6.05. The second kappa shape index (κ2) is 9.20. The van der Waals surface area contributed by atoms with Crippen molar-refractivity contribution in [2.45, 2.75) is 31.9 Å². The third-order valence-electron chi connectivity index (χ3n) is 5.33. The van der Waals surface area contributed by atoms with E-state index in [4.69, 9.17) is 4.74 Å². The maximum atomic E-state index is 6.18. The smallest absolute Gasteiger partial charge is 0.0833 e. The predicted octanol–water partition coefficient (Wildman–Crippen LogP) is 2.98. The Kier molecular flexibility index (Phi) is 7.50. The number of nitrogens with zero attached hydrogens (tertiary/aromatic N) is 3. The van der Waals surface area contributed by atoms with Gasteiger partial charge < -0.3 is 10.1 Å². The van der Waals surface area contributed by atoms with Crippen molar-refractivity contribution < 1.29 is 4.74 Å². The van der Waals surface area contributed by atoms with E-state index in [2.05, 4.69) is 40.4 Å². The van der Waals surface area contributed by atoms with Gasteiger partial charge in [0.05, 0.1) is 17.9 Å². The molecule has 0 radical (unpaired) electrons. The highest BCUT2D eigenvalue weighted by Gasteiger charge is 2.37. The monoisotopic (exact) mass is 398 g/mol. The summed E-state index contributed by atoms with van der Waals surface area (Å²) in [6.45, 7) is 8.28. The Morgan fingerprint density at radius 2 is 2.04 bits per heavy atom. The number of nitrogens with one attached hydrogen (secondary N) is 1. The number of morpholine rings is 1. The van der Waals surface area contributed by atoms with Crippen molar-refractivity contribution >= 4 is 24.8 Å². The lowest BCUT2D eigenvalue weighted by Crippen LogP contribution is -2.55. The summed E-state index contributed by atoms with van der Waals surface area (Å²) in [5.74, 6) is 0. The summed E-state index contributed by atoms with van der Waals surface area (Å²) < 4.78 is 8.09. The topological polar surface area (TPSA) is 42.3 Å². The minimum atomic E-state index is 0. The molecule has 1 N–H and O–H groups in total. The van der Waals surface area contributed by atoms with Gasteiger partial charge in [-0.25, -0.2) is 4.68 Å². The Hall–Kier alpha value is -1.11. The van der Waals surface area contributed by atoms with E-state index in [9.17, 15) is 0 Å². The minimum absolute atomic E-state index is 0. The average Bonchev–Trinajstić information content (AvgIpc) is 3.12. The van der Waals surface area contributed by atoms with Gasteiger partial charge in [0, 0.05) is 32.0 Å². The Morgan fingerprint density at radius 1 is 1.23 bits per heavy atom. The van der Waals surface area contributed by atoms with E-state index in [1.807, 2.05) is 23.1 Å². The molecule has 0 aliphatic carbocycles. The predicted molar refractivity (Wildman–Crippen MR) is 109 cm³/mol. The zero-order chi connectivity index (χ0) is 16.4. The Labute approximate surface area is 167 Å². The normalized spacial score (nSPS) is 19.6. The molecular weight excluding hydrogens is 371 g/mol. The number of hydrogen-bond acceptors (Lipinski definition) is 4. The summed E-state index contributed by atoms with van der Waals surface area (Å²) >= 11 is 0. The Bertz CT molecular complexity index is 681. The van der Waals surface area contributed by atoms with Crippen LogP contribution in [0.5, 0.6) is 0 Å². The lowest BCUT2D eigenvalue weighted by molar-refractivity contribution is -0.125. The molecule has 7 heteroatoms. The molecule has 0 atom stereocenters. The number of halogens is 2. The van der Waals surface area contributed by atoms with Crippen LogP contribution in [0.2, 0.25) is 0 Å². The van der Waals surface area contributed by atoms with Crippen LogP contribution in [-0.4, -0.2) is 53.1 Å². The molecule has 2 saturated heterocycles. The highest BCUT2D eigenvalue weighted by Crippen LogP contribution is 2.28. The molecule has 2 aliphatic heterocycles. The van der Waals surface area contributed by atoms with Crippen LogP contribution < -0.4 is 5.32 Å². The third-order valence-corrected chi connectivity index (χ3v) is 5.33. The first kappa shape index (κ1) is 21.2. The number of ether oxygens (including phenoxy) is 1. The van der Waals surface area contributed by atoms with Crippen LogP contribution in [-0.2, 0) is 11.3 Å². The van der Waals surface area contributed by atoms with Gasteiger partial charge in [-0.15, -0.1) is 24.8 Å². The van der Waals surface area contributed by atoms with Crippen LogP contribution in [0, 0.1) is 6.92 Å². The fourth-order valence-corrected chi connectivity index (χ4v) is 3.91. The summed E-state index contributed by atoms with van der Waals surface area (Å²) in [5, 5.41) is 7.76. The average molecular weight is 399 g/mol. The van der Waals surface area contributed by atoms with Gasteiger partial charge in [-0.1, -0.05) is 6.07 Å². The molecule has 1 aromatic heterocycles. The molecule has 0 saturated carbocycles. The van der Waals surface area contributed by atoms with Crippen molar-refractivity contribution in [1.29, 1.82) is 0 Å². The van der Waals surface area contributed by atoms with E-state index >= 15 is 0 Å². The number of aromatic nitrogens is 2. The minimum Gasteiger partial charge on any atom is -0.372 e. The summed E-state index contributed by atoms with van der Waals surface area (Å²) in [6, 6.07) is 8.59. The Morgan fingerprint density at radius 3 is 2.73 bits per heavy atom. The molecule has 144 valence electrons. The van der Waals surface area contributed by atoms with Crippen LogP contribution >= 0.6 is 24.8 Å². The highest BCUT2D eigenvalue weighted by molar-refractivity contribution is 5.85. The van der Waals surface area contributed by atoms with Crippen molar-refractivity contribution in [3.05, 3.63) is 47.8 Å². The number of piperidine rings is 1. The number of rotatable bonds is 3. The van der Waals surface area contributed by atoms with E-state index in [1.165, 1.54) is 11.1 Å². The highest BCUT2D eigenvalue weighted by atomic mass is 35.5. The van der Waals surface area contributed by atoms with Crippen molar-refractivity contribution in [2.24, 2.45) is 0 Å². The molecular formula is C19H28Cl2N4O. The van der Waals surface area contributed by atoms with Gasteiger partial charge in [-0.3, -0.25) is 4.90 Å². The van der Waals surface area contributed by atoms with E-state index in [1.54, 1.807) is 0 Å². The van der Waals surface area contributed by atoms with Gasteiger partial charge in [0.15, 0.2) is 0 Å². The molecule has 2 aliphatic rings. The second-order valence-electron chi connectivity index (χ2n) is 7.05. The molecule has 0 bridgehead atoms. The first-order chi connectivity index (χ1) is 11.7. The van der Waals surface area contributed by atoms with Crippen molar-refractivity contribution in [1.82, 2.24) is 20.0 Å². The molecule has 3 heterocycles. The standard InChI is InChI=1S/C19H26N4O.2ClH/c1-16-13-18(23-10-2-7-21-23)4-3-17(16)14-22-11-12-24-19(15-22)5-8-20-9-6-19;;/h2-4,7,10,13,20H,5-6,8-9,11-12,14-15H2,1H3;2*1H.